The van der Waals surface area contributed by atoms with Gasteiger partial charge in [0.2, 0.25) is 5.91 Å². The van der Waals surface area contributed by atoms with Crippen LogP contribution in [0, 0.1) is 11.8 Å². The monoisotopic (exact) mass is 964 g/mol. The molecule has 0 spiro atoms. The van der Waals surface area contributed by atoms with Crippen LogP contribution in [0.4, 0.5) is 0 Å². The Morgan fingerprint density at radius 2 is 0.691 bits per heavy atom. The summed E-state index contributed by atoms with van der Waals surface area (Å²) in [6.45, 7) is 11.3. The first-order chi connectivity index (χ1) is 32.9. The van der Waals surface area contributed by atoms with Gasteiger partial charge in [-0.2, -0.15) is 0 Å². The maximum absolute atomic E-state index is 13.5. The van der Waals surface area contributed by atoms with Crippen molar-refractivity contribution in [3.63, 3.8) is 0 Å². The van der Waals surface area contributed by atoms with E-state index in [0.29, 0.717) is 45.7 Å². The molecule has 0 saturated carbocycles. The third kappa shape index (κ3) is 33.9. The van der Waals surface area contributed by atoms with E-state index in [1.165, 1.54) is 32.6 Å². The van der Waals surface area contributed by atoms with Gasteiger partial charge < -0.3 is 28.6 Å². The number of ketones is 1. The van der Waals surface area contributed by atoms with Crippen LogP contribution in [-0.2, 0) is 57.2 Å². The molecule has 1 rings (SSSR count). The normalized spacial score (nSPS) is 14.6. The fourth-order valence-electron chi connectivity index (χ4n) is 9.04. The topological polar surface area (TPSA) is 169 Å². The summed E-state index contributed by atoms with van der Waals surface area (Å²) in [4.78, 5) is 92.9. The highest BCUT2D eigenvalue weighted by Crippen LogP contribution is 2.29. The summed E-state index contributed by atoms with van der Waals surface area (Å²) >= 11 is 0. The molecule has 1 fully saturated rings. The number of unbranched alkanes of at least 4 members (excludes halogenated alkanes) is 20. The van der Waals surface area contributed by atoms with Crippen molar-refractivity contribution in [2.45, 2.75) is 265 Å². The Balaban J connectivity index is 2.80. The molecule has 0 N–H and O–H groups in total. The van der Waals surface area contributed by atoms with Gasteiger partial charge in [0, 0.05) is 57.9 Å². The van der Waals surface area contributed by atoms with Crippen LogP contribution >= 0.6 is 0 Å². The van der Waals surface area contributed by atoms with Crippen molar-refractivity contribution in [1.82, 2.24) is 4.90 Å². The molecule has 0 aromatic heterocycles. The van der Waals surface area contributed by atoms with Crippen LogP contribution in [0.2, 0.25) is 0 Å². The maximum Gasteiger partial charge on any atom is 0.306 e. The van der Waals surface area contributed by atoms with Gasteiger partial charge in [-0.1, -0.05) is 156 Å². The Hall–Kier alpha value is -3.51. The summed E-state index contributed by atoms with van der Waals surface area (Å²) in [7, 11) is 0. The van der Waals surface area contributed by atoms with E-state index in [0.717, 1.165) is 128 Å². The van der Waals surface area contributed by atoms with E-state index in [2.05, 4.69) is 27.7 Å². The number of carbonyl (C=O) groups excluding carboxylic acids is 7. The van der Waals surface area contributed by atoms with Gasteiger partial charge in [-0.05, 0) is 56.8 Å². The molecule has 0 aromatic rings. The zero-order valence-corrected chi connectivity index (χ0v) is 43.7. The van der Waals surface area contributed by atoms with Crippen LogP contribution in [0.1, 0.15) is 253 Å². The van der Waals surface area contributed by atoms with Crippen molar-refractivity contribution in [2.75, 3.05) is 33.0 Å². The van der Waals surface area contributed by atoms with Gasteiger partial charge in [0.05, 0.1) is 32.5 Å². The van der Waals surface area contributed by atoms with E-state index in [4.69, 9.17) is 23.7 Å². The van der Waals surface area contributed by atoms with E-state index in [1.807, 2.05) is 0 Å². The lowest BCUT2D eigenvalue weighted by atomic mass is 9.92. The highest BCUT2D eigenvalue weighted by molar-refractivity contribution is 5.81. The van der Waals surface area contributed by atoms with Crippen LogP contribution in [0.25, 0.3) is 0 Å². The molecule has 13 nitrogen and oxygen atoms in total. The Morgan fingerprint density at radius 3 is 1.03 bits per heavy atom. The first kappa shape index (κ1) is 62.5. The summed E-state index contributed by atoms with van der Waals surface area (Å²) in [5.41, 5.74) is 0. The van der Waals surface area contributed by atoms with Crippen molar-refractivity contribution >= 4 is 41.5 Å². The number of esters is 5. The van der Waals surface area contributed by atoms with E-state index in [-0.39, 0.29) is 69.3 Å². The number of carbonyl (C=O) groups is 7. The molecular formula is C55H97NO12. The van der Waals surface area contributed by atoms with Gasteiger partial charge in [0.1, 0.15) is 12.4 Å². The van der Waals surface area contributed by atoms with Crippen LogP contribution in [0.5, 0.6) is 0 Å². The largest absolute Gasteiger partial charge is 0.466 e. The molecule has 2 atom stereocenters. The molecular weight excluding hydrogens is 867 g/mol. The third-order valence-corrected chi connectivity index (χ3v) is 13.0. The van der Waals surface area contributed by atoms with Gasteiger partial charge >= 0.3 is 29.8 Å². The van der Waals surface area contributed by atoms with Crippen molar-refractivity contribution in [2.24, 2.45) is 11.8 Å². The number of likely N-dealkylation sites (tertiary alicyclic amines) is 1. The molecule has 1 heterocycles. The number of rotatable bonds is 45. The van der Waals surface area contributed by atoms with Crippen LogP contribution in [0.3, 0.4) is 0 Å². The quantitative estimate of drug-likeness (QED) is 0.0322. The van der Waals surface area contributed by atoms with Gasteiger partial charge in [-0.3, -0.25) is 33.6 Å². The van der Waals surface area contributed by atoms with E-state index >= 15 is 0 Å². The average molecular weight is 964 g/mol. The second-order valence-electron chi connectivity index (χ2n) is 19.5. The van der Waals surface area contributed by atoms with E-state index < -0.39 is 47.7 Å². The zero-order valence-electron chi connectivity index (χ0n) is 43.7. The molecule has 13 heteroatoms. The summed E-state index contributed by atoms with van der Waals surface area (Å²) in [6.07, 6.45) is 26.6. The molecule has 1 saturated heterocycles. The number of hydrogen-bond donors (Lipinski definition) is 0. The number of amides is 1. The van der Waals surface area contributed by atoms with E-state index in [9.17, 15) is 33.6 Å². The minimum atomic E-state index is -0.656. The summed E-state index contributed by atoms with van der Waals surface area (Å²) in [5.74, 6) is -3.86. The Bertz CT molecular complexity index is 1210. The van der Waals surface area contributed by atoms with Crippen LogP contribution < -0.4 is 0 Å². The number of ether oxygens (including phenoxy) is 5. The predicted molar refractivity (Wildman–Crippen MR) is 267 cm³/mol. The van der Waals surface area contributed by atoms with Crippen LogP contribution in [0.15, 0.2) is 0 Å². The third-order valence-electron chi connectivity index (χ3n) is 13.0. The van der Waals surface area contributed by atoms with Crippen molar-refractivity contribution in [3.05, 3.63) is 0 Å². The van der Waals surface area contributed by atoms with E-state index in [1.54, 1.807) is 4.90 Å². The standard InChI is InChI=1S/C55H97NO12/c1-6-10-14-18-22-26-34-64-51(59)39-46(40-52(60)65-35-27-23-19-15-11-7-2)38-50(58)33-32-48-30-31-49(56(48)45(5)57)44-68-55(63)43-47(41-53(61)66-36-28-24-20-16-12-8-3)42-54(62)67-37-29-25-21-17-13-9-4/h46-49H,6-44H2,1-5H3. The smallest absolute Gasteiger partial charge is 0.306 e. The first-order valence-electron chi connectivity index (χ1n) is 27.5. The Morgan fingerprint density at radius 1 is 0.397 bits per heavy atom. The fraction of sp³-hybridized carbons (Fsp3) is 0.873. The summed E-state index contributed by atoms with van der Waals surface area (Å²) in [5, 5.41) is 0. The molecule has 1 aliphatic heterocycles. The summed E-state index contributed by atoms with van der Waals surface area (Å²) in [6, 6.07) is -0.645. The first-order valence-corrected chi connectivity index (χ1v) is 27.5. The molecule has 2 unspecified atom stereocenters. The second kappa shape index (κ2) is 42.4. The van der Waals surface area contributed by atoms with Crippen molar-refractivity contribution in [1.29, 1.82) is 0 Å². The zero-order chi connectivity index (χ0) is 50.0. The van der Waals surface area contributed by atoms with Gasteiger partial charge in [-0.25, -0.2) is 0 Å². The summed E-state index contributed by atoms with van der Waals surface area (Å²) < 4.78 is 27.7. The maximum atomic E-state index is 13.5. The average Bonchev–Trinajstić information content (AvgIpc) is 3.72. The lowest BCUT2D eigenvalue weighted by Gasteiger charge is -2.29. The molecule has 0 aromatic carbocycles. The van der Waals surface area contributed by atoms with Crippen molar-refractivity contribution < 1.29 is 57.2 Å². The predicted octanol–water partition coefficient (Wildman–Crippen LogP) is 12.4. The molecule has 0 bridgehead atoms. The minimum absolute atomic E-state index is 0.0203. The molecule has 0 aliphatic carbocycles. The second-order valence-corrected chi connectivity index (χ2v) is 19.5. The fourth-order valence-corrected chi connectivity index (χ4v) is 9.04. The molecule has 394 valence electrons. The molecule has 0 radical (unpaired) electrons. The Labute approximate surface area is 412 Å². The SMILES string of the molecule is CCCCCCCCOC(=O)CC(CC(=O)CCC1CCC(COC(=O)CC(CC(=O)OCCCCCCCC)CC(=O)OCCCCCCCC)N1C(C)=O)CC(=O)OCCCCCCCC. The van der Waals surface area contributed by atoms with Crippen molar-refractivity contribution in [3.8, 4) is 0 Å². The van der Waals surface area contributed by atoms with Gasteiger partial charge in [-0.15, -0.1) is 0 Å². The number of nitrogens with zero attached hydrogens (tertiary/aromatic N) is 1. The highest BCUT2D eigenvalue weighted by Gasteiger charge is 2.36. The lowest BCUT2D eigenvalue weighted by Crippen LogP contribution is -2.42. The molecule has 1 amide bonds. The lowest BCUT2D eigenvalue weighted by molar-refractivity contribution is -0.152. The van der Waals surface area contributed by atoms with Crippen LogP contribution in [-0.4, -0.2) is 91.6 Å². The highest BCUT2D eigenvalue weighted by atomic mass is 16.5. The molecule has 1 aliphatic rings. The van der Waals surface area contributed by atoms with Gasteiger partial charge in [0.15, 0.2) is 0 Å². The number of hydrogen-bond acceptors (Lipinski definition) is 12. The van der Waals surface area contributed by atoms with Gasteiger partial charge in [0.25, 0.3) is 0 Å². The number of Topliss-reactive ketones (excluding diaryl/α,β-unsaturated/α-hetero) is 1. The minimum Gasteiger partial charge on any atom is -0.466 e. The Kier molecular flexibility index (Phi) is 39.0. The molecule has 68 heavy (non-hydrogen) atoms.